The molecule has 4 rings (SSSR count). The standard InChI is InChI=1S/C19H15N5O6S/c1-11(18-21-22-19(29-18)12-2-4-14(5-3-12)24(26)27)28-16(25)7-6-15-20-17(23-30-15)13-8-9-31-10-13/h2-5,8-11H,6-7H2,1H3. The molecule has 1 atom stereocenters. The monoisotopic (exact) mass is 441 g/mol. The van der Waals surface area contributed by atoms with E-state index >= 15 is 0 Å². The van der Waals surface area contributed by atoms with Gasteiger partial charge in [-0.25, -0.2) is 0 Å². The van der Waals surface area contributed by atoms with Crippen molar-refractivity contribution in [2.45, 2.75) is 25.9 Å². The Labute approximate surface area is 178 Å². The Balaban J connectivity index is 1.31. The molecule has 158 valence electrons. The molecular formula is C19H15N5O6S. The molecule has 0 bridgehead atoms. The van der Waals surface area contributed by atoms with Crippen molar-refractivity contribution in [2.24, 2.45) is 0 Å². The van der Waals surface area contributed by atoms with Crippen LogP contribution in [0.5, 0.6) is 0 Å². The number of carbonyl (C=O) groups is 1. The molecule has 0 saturated heterocycles. The van der Waals surface area contributed by atoms with Crippen molar-refractivity contribution in [2.75, 3.05) is 0 Å². The number of nitro benzene ring substituents is 1. The highest BCUT2D eigenvalue weighted by molar-refractivity contribution is 7.08. The third-order valence-electron chi connectivity index (χ3n) is 4.21. The van der Waals surface area contributed by atoms with Gasteiger partial charge in [0.2, 0.25) is 17.6 Å². The van der Waals surface area contributed by atoms with Crippen LogP contribution in [-0.2, 0) is 16.0 Å². The van der Waals surface area contributed by atoms with E-state index in [0.29, 0.717) is 17.3 Å². The molecule has 31 heavy (non-hydrogen) atoms. The third-order valence-corrected chi connectivity index (χ3v) is 4.90. The Morgan fingerprint density at radius 1 is 1.23 bits per heavy atom. The van der Waals surface area contributed by atoms with Crippen LogP contribution >= 0.6 is 11.3 Å². The molecule has 0 aliphatic heterocycles. The average molecular weight is 441 g/mol. The summed E-state index contributed by atoms with van der Waals surface area (Å²) in [6.45, 7) is 1.60. The van der Waals surface area contributed by atoms with E-state index in [-0.39, 0.29) is 30.3 Å². The first-order chi connectivity index (χ1) is 15.0. The van der Waals surface area contributed by atoms with E-state index in [1.54, 1.807) is 6.92 Å². The van der Waals surface area contributed by atoms with Crippen LogP contribution in [0.4, 0.5) is 5.69 Å². The lowest BCUT2D eigenvalue weighted by molar-refractivity contribution is -0.384. The Morgan fingerprint density at radius 3 is 2.74 bits per heavy atom. The number of aromatic nitrogens is 4. The topological polar surface area (TPSA) is 147 Å². The Bertz CT molecular complexity index is 1180. The first-order valence-corrected chi connectivity index (χ1v) is 10.1. The SMILES string of the molecule is CC(OC(=O)CCc1nc(-c2ccsc2)no1)c1nnc(-c2ccc([N+](=O)[O-])cc2)o1. The predicted octanol–water partition coefficient (Wildman–Crippen LogP) is 3.99. The number of nitrogens with zero attached hydrogens (tertiary/aromatic N) is 5. The van der Waals surface area contributed by atoms with Gasteiger partial charge in [-0.1, -0.05) is 5.16 Å². The van der Waals surface area contributed by atoms with Gasteiger partial charge in [0.1, 0.15) is 0 Å². The first-order valence-electron chi connectivity index (χ1n) is 9.12. The van der Waals surface area contributed by atoms with Crippen LogP contribution < -0.4 is 0 Å². The number of esters is 1. The molecule has 0 aliphatic rings. The maximum absolute atomic E-state index is 12.1. The highest BCUT2D eigenvalue weighted by Gasteiger charge is 2.20. The van der Waals surface area contributed by atoms with Crippen LogP contribution in [-0.4, -0.2) is 31.2 Å². The number of ether oxygens (including phenoxy) is 1. The maximum Gasteiger partial charge on any atom is 0.307 e. The second kappa shape index (κ2) is 8.83. The van der Waals surface area contributed by atoms with Gasteiger partial charge in [0.15, 0.2) is 6.10 Å². The zero-order valence-corrected chi connectivity index (χ0v) is 16.9. The number of aryl methyl sites for hydroxylation is 1. The minimum absolute atomic E-state index is 0.0406. The number of non-ortho nitro benzene ring substituents is 1. The van der Waals surface area contributed by atoms with E-state index in [4.69, 9.17) is 13.7 Å². The average Bonchev–Trinajstić information content (AvgIpc) is 3.53. The molecule has 1 unspecified atom stereocenters. The molecule has 0 aliphatic carbocycles. The summed E-state index contributed by atoms with van der Waals surface area (Å²) >= 11 is 1.53. The first kappa shape index (κ1) is 20.3. The lowest BCUT2D eigenvalue weighted by Gasteiger charge is -2.08. The molecule has 0 spiro atoms. The molecule has 0 radical (unpaired) electrons. The van der Waals surface area contributed by atoms with E-state index in [2.05, 4.69) is 20.3 Å². The van der Waals surface area contributed by atoms with Crippen molar-refractivity contribution < 1.29 is 23.4 Å². The Hall–Kier alpha value is -3.93. The second-order valence-corrected chi connectivity index (χ2v) is 7.19. The number of hydrogen-bond donors (Lipinski definition) is 0. The summed E-state index contributed by atoms with van der Waals surface area (Å²) in [6.07, 6.45) is -0.490. The summed E-state index contributed by atoms with van der Waals surface area (Å²) in [6, 6.07) is 7.56. The molecule has 3 heterocycles. The summed E-state index contributed by atoms with van der Waals surface area (Å²) in [7, 11) is 0. The van der Waals surface area contributed by atoms with Crippen LogP contribution in [0.1, 0.15) is 31.2 Å². The number of nitro groups is 1. The van der Waals surface area contributed by atoms with Gasteiger partial charge in [-0.2, -0.15) is 16.3 Å². The van der Waals surface area contributed by atoms with Gasteiger partial charge in [0.25, 0.3) is 11.6 Å². The molecule has 12 heteroatoms. The molecule has 0 amide bonds. The van der Waals surface area contributed by atoms with Gasteiger partial charge < -0.3 is 13.7 Å². The van der Waals surface area contributed by atoms with Gasteiger partial charge in [-0.3, -0.25) is 14.9 Å². The highest BCUT2D eigenvalue weighted by atomic mass is 32.1. The van der Waals surface area contributed by atoms with Crippen LogP contribution in [0.2, 0.25) is 0 Å². The minimum Gasteiger partial charge on any atom is -0.453 e. The molecule has 3 aromatic heterocycles. The van der Waals surface area contributed by atoms with Crippen molar-refractivity contribution in [1.82, 2.24) is 20.3 Å². The summed E-state index contributed by atoms with van der Waals surface area (Å²) in [5.74, 6) is 0.600. The van der Waals surface area contributed by atoms with Gasteiger partial charge in [0.05, 0.1) is 11.3 Å². The smallest absolute Gasteiger partial charge is 0.307 e. The zero-order valence-electron chi connectivity index (χ0n) is 16.1. The van der Waals surface area contributed by atoms with Gasteiger partial charge in [0, 0.05) is 35.1 Å². The van der Waals surface area contributed by atoms with Crippen LogP contribution in [0.15, 0.2) is 50.0 Å². The van der Waals surface area contributed by atoms with E-state index in [0.717, 1.165) is 5.56 Å². The van der Waals surface area contributed by atoms with Gasteiger partial charge in [-0.05, 0) is 30.5 Å². The predicted molar refractivity (Wildman–Crippen MR) is 107 cm³/mol. The van der Waals surface area contributed by atoms with Crippen molar-refractivity contribution in [3.63, 3.8) is 0 Å². The van der Waals surface area contributed by atoms with E-state index in [9.17, 15) is 14.9 Å². The van der Waals surface area contributed by atoms with E-state index in [1.807, 2.05) is 16.8 Å². The van der Waals surface area contributed by atoms with Crippen molar-refractivity contribution >= 4 is 23.0 Å². The minimum atomic E-state index is -0.768. The van der Waals surface area contributed by atoms with Crippen molar-refractivity contribution in [3.05, 3.63) is 63.0 Å². The van der Waals surface area contributed by atoms with Crippen molar-refractivity contribution in [3.8, 4) is 22.8 Å². The normalized spacial score (nSPS) is 11.9. The fourth-order valence-electron chi connectivity index (χ4n) is 2.62. The zero-order chi connectivity index (χ0) is 21.8. The summed E-state index contributed by atoms with van der Waals surface area (Å²) < 4.78 is 16.0. The molecule has 0 saturated carbocycles. The molecule has 0 fully saturated rings. The Morgan fingerprint density at radius 2 is 2.03 bits per heavy atom. The molecular weight excluding hydrogens is 426 g/mol. The van der Waals surface area contributed by atoms with E-state index in [1.165, 1.54) is 35.6 Å². The maximum atomic E-state index is 12.1. The van der Waals surface area contributed by atoms with Crippen molar-refractivity contribution in [1.29, 1.82) is 0 Å². The molecule has 4 aromatic rings. The lowest BCUT2D eigenvalue weighted by Crippen LogP contribution is -2.10. The number of hydrogen-bond acceptors (Lipinski definition) is 11. The number of carbonyl (C=O) groups excluding carboxylic acids is 1. The third kappa shape index (κ3) is 4.80. The quantitative estimate of drug-likeness (QED) is 0.223. The van der Waals surface area contributed by atoms with E-state index < -0.39 is 17.0 Å². The largest absolute Gasteiger partial charge is 0.453 e. The van der Waals surface area contributed by atoms with Crippen LogP contribution in [0.25, 0.3) is 22.8 Å². The number of thiophene rings is 1. The van der Waals surface area contributed by atoms with Gasteiger partial charge >= 0.3 is 5.97 Å². The second-order valence-electron chi connectivity index (χ2n) is 6.41. The Kier molecular flexibility index (Phi) is 5.80. The number of rotatable bonds is 8. The fraction of sp³-hybridized carbons (Fsp3) is 0.211. The van der Waals surface area contributed by atoms with Crippen LogP contribution in [0.3, 0.4) is 0 Å². The highest BCUT2D eigenvalue weighted by Crippen LogP contribution is 2.25. The summed E-state index contributed by atoms with van der Waals surface area (Å²) in [5.41, 5.74) is 1.33. The van der Waals surface area contributed by atoms with Gasteiger partial charge in [-0.15, -0.1) is 10.2 Å². The molecule has 11 nitrogen and oxygen atoms in total. The fourth-order valence-corrected chi connectivity index (χ4v) is 3.26. The molecule has 1 aromatic carbocycles. The lowest BCUT2D eigenvalue weighted by atomic mass is 10.2. The summed E-state index contributed by atoms with van der Waals surface area (Å²) in [4.78, 5) is 26.6. The van der Waals surface area contributed by atoms with Crippen LogP contribution in [0, 0.1) is 10.1 Å². The molecule has 0 N–H and O–H groups in total. The summed E-state index contributed by atoms with van der Waals surface area (Å²) in [5, 5.41) is 26.2. The number of benzene rings is 1.